The molecule has 4 aliphatic rings. The maximum atomic E-state index is 13.4. The number of hydrogen-bond acceptors (Lipinski definition) is 3. The lowest BCUT2D eigenvalue weighted by Crippen LogP contribution is -2.68. The van der Waals surface area contributed by atoms with Crippen LogP contribution in [0.25, 0.3) is 0 Å². The molecule has 1 heterocycles. The number of benzene rings is 1. The molecule has 1 aliphatic heterocycles. The van der Waals surface area contributed by atoms with Crippen molar-refractivity contribution in [3.63, 3.8) is 0 Å². The van der Waals surface area contributed by atoms with Crippen molar-refractivity contribution < 1.29 is 13.2 Å². The van der Waals surface area contributed by atoms with Gasteiger partial charge < -0.3 is 5.32 Å². The number of amides is 1. The Labute approximate surface area is 182 Å². The molecule has 1 amide bonds. The number of sulfonamides is 1. The SMILES string of the molecule is Cc1ccc(NC(=O)C23CCC(C)(C2Br)C3(C)C)cc1S(=O)(=O)N1CCCCC1. The number of alkyl halides is 1. The van der Waals surface area contributed by atoms with Crippen LogP contribution in [0.2, 0.25) is 0 Å². The summed E-state index contributed by atoms with van der Waals surface area (Å²) >= 11 is 3.80. The zero-order chi connectivity index (χ0) is 21.2. The molecule has 0 spiro atoms. The Morgan fingerprint density at radius 3 is 2.34 bits per heavy atom. The van der Waals surface area contributed by atoms with Crippen molar-refractivity contribution in [1.29, 1.82) is 0 Å². The molecule has 160 valence electrons. The van der Waals surface area contributed by atoms with Gasteiger partial charge in [0.2, 0.25) is 15.9 Å². The summed E-state index contributed by atoms with van der Waals surface area (Å²) < 4.78 is 27.9. The van der Waals surface area contributed by atoms with Crippen molar-refractivity contribution in [3.8, 4) is 0 Å². The van der Waals surface area contributed by atoms with E-state index in [2.05, 4.69) is 42.0 Å². The summed E-state index contributed by atoms with van der Waals surface area (Å²) in [6.45, 7) is 9.56. The molecule has 3 saturated carbocycles. The summed E-state index contributed by atoms with van der Waals surface area (Å²) in [5, 5.41) is 3.06. The summed E-state index contributed by atoms with van der Waals surface area (Å²) in [7, 11) is -3.55. The van der Waals surface area contributed by atoms with Crippen molar-refractivity contribution in [3.05, 3.63) is 23.8 Å². The number of anilines is 1. The van der Waals surface area contributed by atoms with Crippen LogP contribution in [-0.4, -0.2) is 36.5 Å². The maximum Gasteiger partial charge on any atom is 0.243 e. The van der Waals surface area contributed by atoms with E-state index in [9.17, 15) is 13.2 Å². The van der Waals surface area contributed by atoms with Crippen molar-refractivity contribution in [2.45, 2.75) is 69.5 Å². The third-order valence-electron chi connectivity index (χ3n) is 8.36. The van der Waals surface area contributed by atoms with Gasteiger partial charge in [0, 0.05) is 23.6 Å². The van der Waals surface area contributed by atoms with Crippen LogP contribution in [0.4, 0.5) is 5.69 Å². The zero-order valence-corrected chi connectivity index (χ0v) is 20.1. The molecule has 5 nitrogen and oxygen atoms in total. The van der Waals surface area contributed by atoms with Gasteiger partial charge in [-0.1, -0.05) is 49.2 Å². The molecule has 3 unspecified atom stereocenters. The first-order chi connectivity index (χ1) is 13.5. The molecule has 2 bridgehead atoms. The minimum absolute atomic E-state index is 0.00970. The lowest BCUT2D eigenvalue weighted by molar-refractivity contribution is -0.156. The molecule has 4 fully saturated rings. The van der Waals surface area contributed by atoms with E-state index >= 15 is 0 Å². The third kappa shape index (κ3) is 2.72. The quantitative estimate of drug-likeness (QED) is 0.632. The monoisotopic (exact) mass is 482 g/mol. The Morgan fingerprint density at radius 1 is 1.14 bits per heavy atom. The summed E-state index contributed by atoms with van der Waals surface area (Å²) in [5.74, 6) is -0.00970. The van der Waals surface area contributed by atoms with E-state index in [-0.39, 0.29) is 21.6 Å². The Balaban J connectivity index is 1.61. The van der Waals surface area contributed by atoms with Gasteiger partial charge in [-0.25, -0.2) is 8.42 Å². The largest absolute Gasteiger partial charge is 0.326 e. The Bertz CT molecular complexity index is 955. The molecule has 1 aromatic carbocycles. The predicted octanol–water partition coefficient (Wildman–Crippen LogP) is 4.70. The summed E-state index contributed by atoms with van der Waals surface area (Å²) in [4.78, 5) is 13.8. The molecule has 3 atom stereocenters. The first kappa shape index (κ1) is 21.3. The lowest BCUT2D eigenvalue weighted by Gasteiger charge is -2.64. The Morgan fingerprint density at radius 2 is 1.79 bits per heavy atom. The van der Waals surface area contributed by atoms with Gasteiger partial charge in [0.15, 0.2) is 0 Å². The van der Waals surface area contributed by atoms with E-state index in [1.54, 1.807) is 16.4 Å². The molecule has 1 saturated heterocycles. The van der Waals surface area contributed by atoms with Crippen LogP contribution in [0.3, 0.4) is 0 Å². The van der Waals surface area contributed by atoms with E-state index < -0.39 is 15.4 Å². The van der Waals surface area contributed by atoms with E-state index in [1.165, 1.54) is 0 Å². The predicted molar refractivity (Wildman–Crippen MR) is 119 cm³/mol. The van der Waals surface area contributed by atoms with Gasteiger partial charge >= 0.3 is 0 Å². The molecule has 29 heavy (non-hydrogen) atoms. The smallest absolute Gasteiger partial charge is 0.243 e. The number of hydrogen-bond donors (Lipinski definition) is 1. The van der Waals surface area contributed by atoms with Crippen molar-refractivity contribution in [2.75, 3.05) is 18.4 Å². The fraction of sp³-hybridized carbons (Fsp3) is 0.682. The minimum atomic E-state index is -3.55. The zero-order valence-electron chi connectivity index (χ0n) is 17.7. The highest BCUT2D eigenvalue weighted by Gasteiger charge is 2.80. The highest BCUT2D eigenvalue weighted by molar-refractivity contribution is 9.09. The topological polar surface area (TPSA) is 66.5 Å². The summed E-state index contributed by atoms with van der Waals surface area (Å²) in [6, 6.07) is 5.24. The van der Waals surface area contributed by atoms with Gasteiger partial charge in [0.1, 0.15) is 0 Å². The number of aryl methyl sites for hydroxylation is 1. The number of rotatable bonds is 4. The molecule has 0 aromatic heterocycles. The number of carbonyl (C=O) groups excluding carboxylic acids is 1. The van der Waals surface area contributed by atoms with Crippen LogP contribution < -0.4 is 5.32 Å². The van der Waals surface area contributed by atoms with Gasteiger partial charge in [0.05, 0.1) is 10.3 Å². The number of halogens is 1. The minimum Gasteiger partial charge on any atom is -0.326 e. The standard InChI is InChI=1S/C22H31BrN2O3S/c1-15-8-9-16(14-17(15)29(27,28)25-12-6-5-7-13-25)24-19(26)22-11-10-21(4,18(22)23)20(22,2)3/h8-9,14,18H,5-7,10-13H2,1-4H3,(H,24,26). The first-order valence-corrected chi connectivity index (χ1v) is 12.9. The van der Waals surface area contributed by atoms with Gasteiger partial charge in [-0.05, 0) is 61.1 Å². The molecule has 7 heteroatoms. The Hall–Kier alpha value is -0.920. The number of piperidine rings is 1. The van der Waals surface area contributed by atoms with Crippen LogP contribution in [-0.2, 0) is 14.8 Å². The Kier molecular flexibility index (Phi) is 4.99. The maximum absolute atomic E-state index is 13.4. The average Bonchev–Trinajstić information content (AvgIpc) is 3.10. The second-order valence-corrected chi connectivity index (χ2v) is 12.6. The van der Waals surface area contributed by atoms with Crippen molar-refractivity contribution >= 4 is 37.5 Å². The van der Waals surface area contributed by atoms with E-state index in [0.29, 0.717) is 29.2 Å². The van der Waals surface area contributed by atoms with Gasteiger partial charge in [-0.2, -0.15) is 4.31 Å². The van der Waals surface area contributed by atoms with Crippen LogP contribution in [0.1, 0.15) is 58.4 Å². The van der Waals surface area contributed by atoms with E-state index in [4.69, 9.17) is 0 Å². The van der Waals surface area contributed by atoms with E-state index in [1.807, 2.05) is 13.0 Å². The molecule has 1 aromatic rings. The molecule has 0 radical (unpaired) electrons. The van der Waals surface area contributed by atoms with Gasteiger partial charge in [-0.3, -0.25) is 4.79 Å². The second-order valence-electron chi connectivity index (χ2n) is 9.78. The normalized spacial score (nSPS) is 33.9. The van der Waals surface area contributed by atoms with Crippen LogP contribution >= 0.6 is 15.9 Å². The number of nitrogens with one attached hydrogen (secondary N) is 1. The van der Waals surface area contributed by atoms with Crippen LogP contribution in [0.15, 0.2) is 23.1 Å². The number of fused-ring (bicyclic) bond motifs is 1. The molecular weight excluding hydrogens is 452 g/mol. The summed E-state index contributed by atoms with van der Waals surface area (Å²) in [6.07, 6.45) is 4.75. The fourth-order valence-corrected chi connectivity index (χ4v) is 9.48. The third-order valence-corrected chi connectivity index (χ3v) is 12.2. The van der Waals surface area contributed by atoms with Gasteiger partial charge in [0.25, 0.3) is 0 Å². The van der Waals surface area contributed by atoms with E-state index in [0.717, 1.165) is 32.1 Å². The highest BCUT2D eigenvalue weighted by atomic mass is 79.9. The molecule has 1 N–H and O–H groups in total. The second kappa shape index (κ2) is 6.79. The lowest BCUT2D eigenvalue weighted by atomic mass is 9.43. The van der Waals surface area contributed by atoms with Crippen LogP contribution in [0.5, 0.6) is 0 Å². The highest BCUT2D eigenvalue weighted by Crippen LogP contribution is 2.79. The molecule has 5 rings (SSSR count). The average molecular weight is 483 g/mol. The van der Waals surface area contributed by atoms with Crippen LogP contribution in [0, 0.1) is 23.2 Å². The van der Waals surface area contributed by atoms with Gasteiger partial charge in [-0.15, -0.1) is 0 Å². The molecule has 3 aliphatic carbocycles. The molecular formula is C22H31BrN2O3S. The van der Waals surface area contributed by atoms with Crippen molar-refractivity contribution in [1.82, 2.24) is 4.31 Å². The summed E-state index contributed by atoms with van der Waals surface area (Å²) in [5.41, 5.74) is 0.814. The number of carbonyl (C=O) groups is 1. The number of nitrogens with zero attached hydrogens (tertiary/aromatic N) is 1. The van der Waals surface area contributed by atoms with Crippen molar-refractivity contribution in [2.24, 2.45) is 16.2 Å². The fourth-order valence-electron chi connectivity index (χ4n) is 5.90. The first-order valence-electron chi connectivity index (χ1n) is 10.5.